The first-order valence-electron chi connectivity index (χ1n) is 5.34. The molecule has 0 aromatic heterocycles. The first-order valence-corrected chi connectivity index (χ1v) is 5.71. The number of hydrogen-bond acceptors (Lipinski definition) is 4. The molecule has 1 aromatic carbocycles. The van der Waals surface area contributed by atoms with Crippen LogP contribution in [0.3, 0.4) is 0 Å². The van der Waals surface area contributed by atoms with E-state index in [0.717, 1.165) is 0 Å². The minimum Gasteiger partial charge on any atom is -0.474 e. The van der Waals surface area contributed by atoms with Crippen LogP contribution < -0.4 is 10.1 Å². The molecule has 98 valence electrons. The Morgan fingerprint density at radius 3 is 2.83 bits per heavy atom. The predicted octanol–water partition coefficient (Wildman–Crippen LogP) is 2.15. The third-order valence-corrected chi connectivity index (χ3v) is 2.38. The summed E-state index contributed by atoms with van der Waals surface area (Å²) in [7, 11) is 0. The van der Waals surface area contributed by atoms with Crippen LogP contribution in [0.15, 0.2) is 18.2 Å². The zero-order valence-corrected chi connectivity index (χ0v) is 10.7. The van der Waals surface area contributed by atoms with Crippen LogP contribution in [0, 0.1) is 10.1 Å². The molecule has 0 aliphatic heterocycles. The van der Waals surface area contributed by atoms with Crippen molar-refractivity contribution in [1.29, 1.82) is 0 Å². The van der Waals surface area contributed by atoms with Gasteiger partial charge in [-0.3, -0.25) is 14.9 Å². The first kappa shape index (κ1) is 14.2. The van der Waals surface area contributed by atoms with Crippen molar-refractivity contribution in [2.45, 2.75) is 20.0 Å². The number of carbonyl (C=O) groups is 1. The fraction of sp³-hybridized carbons (Fsp3) is 0.364. The van der Waals surface area contributed by atoms with E-state index in [1.165, 1.54) is 25.1 Å². The normalized spacial score (nSPS) is 11.7. The predicted molar refractivity (Wildman–Crippen MR) is 66.9 cm³/mol. The van der Waals surface area contributed by atoms with Crippen LogP contribution >= 0.6 is 11.6 Å². The summed E-state index contributed by atoms with van der Waals surface area (Å²) in [6.07, 6.45) is -0.815. The number of nitrogens with one attached hydrogen (secondary N) is 1. The number of benzene rings is 1. The Morgan fingerprint density at radius 2 is 2.28 bits per heavy atom. The van der Waals surface area contributed by atoms with E-state index in [0.29, 0.717) is 6.54 Å². The summed E-state index contributed by atoms with van der Waals surface area (Å²) in [4.78, 5) is 21.7. The quantitative estimate of drug-likeness (QED) is 0.658. The number of ether oxygens (including phenoxy) is 1. The molecule has 0 saturated heterocycles. The second-order valence-electron chi connectivity index (χ2n) is 3.52. The van der Waals surface area contributed by atoms with Gasteiger partial charge in [-0.25, -0.2) is 0 Å². The van der Waals surface area contributed by atoms with Crippen LogP contribution in [0.25, 0.3) is 0 Å². The molecule has 0 saturated carbocycles. The van der Waals surface area contributed by atoms with Crippen LogP contribution in [0.4, 0.5) is 5.69 Å². The van der Waals surface area contributed by atoms with E-state index in [1.807, 2.05) is 0 Å². The lowest BCUT2D eigenvalue weighted by Crippen LogP contribution is -2.36. The third kappa shape index (κ3) is 3.59. The molecule has 0 spiro atoms. The summed E-state index contributed by atoms with van der Waals surface area (Å²) in [5.41, 5.74) is -0.265. The molecule has 0 heterocycles. The van der Waals surface area contributed by atoms with Gasteiger partial charge < -0.3 is 10.1 Å². The lowest BCUT2D eigenvalue weighted by atomic mass is 10.3. The van der Waals surface area contributed by atoms with Crippen molar-refractivity contribution in [3.8, 4) is 5.75 Å². The zero-order valence-electron chi connectivity index (χ0n) is 9.97. The third-order valence-electron chi connectivity index (χ3n) is 2.14. The summed E-state index contributed by atoms with van der Waals surface area (Å²) >= 11 is 5.67. The van der Waals surface area contributed by atoms with Gasteiger partial charge in [-0.1, -0.05) is 11.6 Å². The fourth-order valence-corrected chi connectivity index (χ4v) is 1.46. The highest BCUT2D eigenvalue weighted by Crippen LogP contribution is 2.30. The van der Waals surface area contributed by atoms with Crippen molar-refractivity contribution in [2.75, 3.05) is 6.54 Å². The van der Waals surface area contributed by atoms with Gasteiger partial charge in [-0.2, -0.15) is 0 Å². The van der Waals surface area contributed by atoms with E-state index < -0.39 is 11.0 Å². The van der Waals surface area contributed by atoms with Crippen molar-refractivity contribution >= 4 is 23.2 Å². The second kappa shape index (κ2) is 6.20. The molecule has 0 aliphatic rings. The van der Waals surface area contributed by atoms with E-state index in [-0.39, 0.29) is 22.4 Å². The molecule has 1 atom stereocenters. The number of hydrogen-bond donors (Lipinski definition) is 1. The van der Waals surface area contributed by atoms with E-state index >= 15 is 0 Å². The highest BCUT2D eigenvalue weighted by molar-refractivity contribution is 6.30. The van der Waals surface area contributed by atoms with Crippen LogP contribution in [-0.4, -0.2) is 23.5 Å². The number of rotatable bonds is 5. The number of nitro benzene ring substituents is 1. The Bertz CT molecular complexity index is 464. The van der Waals surface area contributed by atoms with Gasteiger partial charge in [0.25, 0.3) is 5.91 Å². The van der Waals surface area contributed by atoms with E-state index in [9.17, 15) is 14.9 Å². The fourth-order valence-electron chi connectivity index (χ4n) is 1.29. The molecule has 0 unspecified atom stereocenters. The number of amides is 1. The molecular formula is C11H13ClN2O4. The molecular weight excluding hydrogens is 260 g/mol. The largest absolute Gasteiger partial charge is 0.474 e. The summed E-state index contributed by atoms with van der Waals surface area (Å²) in [6.45, 7) is 3.76. The van der Waals surface area contributed by atoms with E-state index in [2.05, 4.69) is 5.32 Å². The van der Waals surface area contributed by atoms with E-state index in [1.54, 1.807) is 6.92 Å². The average Bonchev–Trinajstić information content (AvgIpc) is 2.31. The minimum absolute atomic E-state index is 0.0168. The SMILES string of the molecule is CCNC(=O)[C@H](C)Oc1ccc(Cl)cc1[N+](=O)[O-]. The van der Waals surface area contributed by atoms with Gasteiger partial charge in [0, 0.05) is 17.6 Å². The Morgan fingerprint density at radius 1 is 1.61 bits per heavy atom. The summed E-state index contributed by atoms with van der Waals surface area (Å²) in [5.74, 6) is -0.315. The van der Waals surface area contributed by atoms with Crippen molar-refractivity contribution in [3.63, 3.8) is 0 Å². The number of likely N-dealkylation sites (N-methyl/N-ethyl adjacent to an activating group) is 1. The summed E-state index contributed by atoms with van der Waals surface area (Å²) in [6, 6.07) is 4.02. The van der Waals surface area contributed by atoms with Crippen LogP contribution in [0.5, 0.6) is 5.75 Å². The zero-order chi connectivity index (χ0) is 13.7. The number of halogens is 1. The summed E-state index contributed by atoms with van der Waals surface area (Å²) < 4.78 is 5.26. The molecule has 1 aromatic rings. The van der Waals surface area contributed by atoms with E-state index in [4.69, 9.17) is 16.3 Å². The monoisotopic (exact) mass is 272 g/mol. The van der Waals surface area contributed by atoms with Crippen LogP contribution in [0.1, 0.15) is 13.8 Å². The van der Waals surface area contributed by atoms with Gasteiger partial charge in [-0.05, 0) is 26.0 Å². The van der Waals surface area contributed by atoms with Crippen molar-refractivity contribution < 1.29 is 14.5 Å². The number of nitrogens with zero attached hydrogens (tertiary/aromatic N) is 1. The van der Waals surface area contributed by atoms with Crippen molar-refractivity contribution in [2.24, 2.45) is 0 Å². The molecule has 18 heavy (non-hydrogen) atoms. The molecule has 1 amide bonds. The molecule has 0 radical (unpaired) electrons. The Kier molecular flexibility index (Phi) is 4.91. The van der Waals surface area contributed by atoms with Crippen LogP contribution in [-0.2, 0) is 4.79 Å². The average molecular weight is 273 g/mol. The van der Waals surface area contributed by atoms with Gasteiger partial charge in [-0.15, -0.1) is 0 Å². The minimum atomic E-state index is -0.815. The van der Waals surface area contributed by atoms with Gasteiger partial charge in [0.2, 0.25) is 0 Å². The summed E-state index contributed by atoms with van der Waals surface area (Å²) in [5, 5.41) is 13.6. The van der Waals surface area contributed by atoms with Crippen molar-refractivity contribution in [1.82, 2.24) is 5.32 Å². The maximum absolute atomic E-state index is 11.5. The second-order valence-corrected chi connectivity index (χ2v) is 3.96. The molecule has 1 rings (SSSR count). The molecule has 0 bridgehead atoms. The number of nitro groups is 1. The Hall–Kier alpha value is -1.82. The molecule has 6 nitrogen and oxygen atoms in total. The highest BCUT2D eigenvalue weighted by atomic mass is 35.5. The number of carbonyl (C=O) groups excluding carboxylic acids is 1. The standard InChI is InChI=1S/C11H13ClN2O4/c1-3-13-11(15)7(2)18-10-5-4-8(12)6-9(10)14(16)17/h4-7H,3H2,1-2H3,(H,13,15)/t7-/m0/s1. The Labute approximate surface area is 109 Å². The topological polar surface area (TPSA) is 81.5 Å². The maximum Gasteiger partial charge on any atom is 0.312 e. The molecule has 1 N–H and O–H groups in total. The molecule has 0 fully saturated rings. The smallest absolute Gasteiger partial charge is 0.312 e. The molecule has 0 aliphatic carbocycles. The highest BCUT2D eigenvalue weighted by Gasteiger charge is 2.21. The lowest BCUT2D eigenvalue weighted by molar-refractivity contribution is -0.386. The van der Waals surface area contributed by atoms with Gasteiger partial charge in [0.05, 0.1) is 4.92 Å². The van der Waals surface area contributed by atoms with Crippen LogP contribution in [0.2, 0.25) is 5.02 Å². The first-order chi connectivity index (χ1) is 8.45. The van der Waals surface area contributed by atoms with Crippen molar-refractivity contribution in [3.05, 3.63) is 33.3 Å². The van der Waals surface area contributed by atoms with Gasteiger partial charge in [0.15, 0.2) is 11.9 Å². The Balaban J connectivity index is 2.90. The molecule has 7 heteroatoms. The van der Waals surface area contributed by atoms with Gasteiger partial charge in [0.1, 0.15) is 0 Å². The maximum atomic E-state index is 11.5. The van der Waals surface area contributed by atoms with Gasteiger partial charge >= 0.3 is 5.69 Å². The lowest BCUT2D eigenvalue weighted by Gasteiger charge is -2.13.